The van der Waals surface area contributed by atoms with Gasteiger partial charge < -0.3 is 20.1 Å². The van der Waals surface area contributed by atoms with Crippen molar-refractivity contribution in [2.75, 3.05) is 37.4 Å². The number of halogens is 1. The molecule has 1 aromatic rings. The molecular weight excluding hydrogens is 256 g/mol. The third-order valence-electron chi connectivity index (χ3n) is 2.70. The molecule has 1 aliphatic heterocycles. The van der Waals surface area contributed by atoms with Crippen LogP contribution in [0, 0.1) is 0 Å². The molecule has 2 unspecified atom stereocenters. The van der Waals surface area contributed by atoms with Gasteiger partial charge >= 0.3 is 0 Å². The second-order valence-corrected chi connectivity index (χ2v) is 4.72. The maximum absolute atomic E-state index is 5.89. The van der Waals surface area contributed by atoms with Gasteiger partial charge in [0, 0.05) is 26.3 Å². The Morgan fingerprint density at radius 1 is 1.56 bits per heavy atom. The lowest BCUT2D eigenvalue weighted by Gasteiger charge is -2.37. The number of nitrogens with zero attached hydrogens (tertiary/aromatic N) is 3. The highest BCUT2D eigenvalue weighted by atomic mass is 35.5. The summed E-state index contributed by atoms with van der Waals surface area (Å²) in [4.78, 5) is 10.1. The van der Waals surface area contributed by atoms with E-state index >= 15 is 0 Å². The maximum Gasteiger partial charge on any atom is 0.223 e. The molecule has 1 aromatic heterocycles. The van der Waals surface area contributed by atoms with Gasteiger partial charge in [-0.25, -0.2) is 4.98 Å². The molecule has 0 aromatic carbocycles. The second kappa shape index (κ2) is 5.69. The zero-order valence-corrected chi connectivity index (χ0v) is 11.2. The largest absolute Gasteiger partial charge is 0.382 e. The van der Waals surface area contributed by atoms with E-state index in [0.29, 0.717) is 18.3 Å². The summed E-state index contributed by atoms with van der Waals surface area (Å²) in [5.41, 5.74) is 5.60. The number of ether oxygens (including phenoxy) is 2. The standard InChI is InChI=1S/C11H17ClN4O2/c1-7-4-16(5-8(18-7)6-17-2)10-3-9(12)14-11(13)15-10/h3,7-8H,4-6H2,1-2H3,(H2,13,14,15). The van der Waals surface area contributed by atoms with Crippen molar-refractivity contribution in [3.63, 3.8) is 0 Å². The fourth-order valence-corrected chi connectivity index (χ4v) is 2.28. The lowest BCUT2D eigenvalue weighted by atomic mass is 10.2. The predicted molar refractivity (Wildman–Crippen MR) is 69.9 cm³/mol. The molecule has 0 bridgehead atoms. The molecule has 0 aliphatic carbocycles. The molecule has 18 heavy (non-hydrogen) atoms. The van der Waals surface area contributed by atoms with E-state index in [1.807, 2.05) is 6.92 Å². The van der Waals surface area contributed by atoms with Crippen molar-refractivity contribution in [2.24, 2.45) is 0 Å². The minimum atomic E-state index is 0.0220. The van der Waals surface area contributed by atoms with Crippen molar-refractivity contribution >= 4 is 23.4 Å². The minimum absolute atomic E-state index is 0.0220. The first-order chi connectivity index (χ1) is 8.58. The van der Waals surface area contributed by atoms with Crippen molar-refractivity contribution in [1.82, 2.24) is 9.97 Å². The summed E-state index contributed by atoms with van der Waals surface area (Å²) in [6, 6.07) is 1.71. The monoisotopic (exact) mass is 272 g/mol. The number of methoxy groups -OCH3 is 1. The van der Waals surface area contributed by atoms with Crippen molar-refractivity contribution in [1.29, 1.82) is 0 Å². The lowest BCUT2D eigenvalue weighted by Crippen LogP contribution is -2.48. The molecule has 2 rings (SSSR count). The van der Waals surface area contributed by atoms with Gasteiger partial charge in [-0.2, -0.15) is 4.98 Å². The summed E-state index contributed by atoms with van der Waals surface area (Å²) in [6.45, 7) is 4.01. The Hall–Kier alpha value is -1.11. The smallest absolute Gasteiger partial charge is 0.223 e. The van der Waals surface area contributed by atoms with E-state index in [1.165, 1.54) is 0 Å². The van der Waals surface area contributed by atoms with Gasteiger partial charge in [0.15, 0.2) is 0 Å². The molecule has 0 spiro atoms. The highest BCUT2D eigenvalue weighted by molar-refractivity contribution is 6.29. The number of nitrogens with two attached hydrogens (primary N) is 1. The van der Waals surface area contributed by atoms with Crippen molar-refractivity contribution < 1.29 is 9.47 Å². The number of anilines is 2. The molecule has 2 N–H and O–H groups in total. The summed E-state index contributed by atoms with van der Waals surface area (Å²) in [6.07, 6.45) is 0.127. The van der Waals surface area contributed by atoms with Gasteiger partial charge in [-0.1, -0.05) is 11.6 Å². The van der Waals surface area contributed by atoms with Crippen LogP contribution in [0.2, 0.25) is 5.15 Å². The number of rotatable bonds is 3. The molecule has 1 fully saturated rings. The van der Waals surface area contributed by atoms with Gasteiger partial charge in [0.25, 0.3) is 0 Å². The van der Waals surface area contributed by atoms with E-state index in [9.17, 15) is 0 Å². The van der Waals surface area contributed by atoms with Gasteiger partial charge in [-0.3, -0.25) is 0 Å². The van der Waals surface area contributed by atoms with E-state index in [4.69, 9.17) is 26.8 Å². The first kappa shape index (κ1) is 13.3. The molecule has 0 saturated carbocycles. The molecule has 2 heterocycles. The summed E-state index contributed by atoms with van der Waals surface area (Å²) in [5, 5.41) is 0.347. The Bertz CT molecular complexity index is 398. The fraction of sp³-hybridized carbons (Fsp3) is 0.636. The van der Waals surface area contributed by atoms with Crippen LogP contribution in [-0.2, 0) is 9.47 Å². The number of nitrogen functional groups attached to an aromatic ring is 1. The summed E-state index contributed by atoms with van der Waals surface area (Å²) >= 11 is 5.89. The van der Waals surface area contributed by atoms with E-state index in [1.54, 1.807) is 13.2 Å². The topological polar surface area (TPSA) is 73.5 Å². The molecule has 7 heteroatoms. The molecule has 6 nitrogen and oxygen atoms in total. The maximum atomic E-state index is 5.89. The van der Waals surface area contributed by atoms with E-state index < -0.39 is 0 Å². The molecule has 2 atom stereocenters. The van der Waals surface area contributed by atoms with Crippen LogP contribution in [0.15, 0.2) is 6.07 Å². The average Bonchev–Trinajstić information content (AvgIpc) is 2.27. The van der Waals surface area contributed by atoms with Crippen LogP contribution in [0.1, 0.15) is 6.92 Å². The van der Waals surface area contributed by atoms with Crippen LogP contribution >= 0.6 is 11.6 Å². The number of hydrogen-bond acceptors (Lipinski definition) is 6. The van der Waals surface area contributed by atoms with E-state index in [-0.39, 0.29) is 18.2 Å². The Balaban J connectivity index is 2.15. The van der Waals surface area contributed by atoms with Crippen molar-refractivity contribution in [2.45, 2.75) is 19.1 Å². The zero-order chi connectivity index (χ0) is 13.1. The highest BCUT2D eigenvalue weighted by Crippen LogP contribution is 2.21. The first-order valence-corrected chi connectivity index (χ1v) is 6.15. The number of hydrogen-bond donors (Lipinski definition) is 1. The highest BCUT2D eigenvalue weighted by Gasteiger charge is 2.26. The lowest BCUT2D eigenvalue weighted by molar-refractivity contribution is -0.0512. The summed E-state index contributed by atoms with van der Waals surface area (Å²) in [5.74, 6) is 0.906. The summed E-state index contributed by atoms with van der Waals surface area (Å²) < 4.78 is 10.9. The quantitative estimate of drug-likeness (QED) is 0.826. The molecule has 1 saturated heterocycles. The first-order valence-electron chi connectivity index (χ1n) is 5.78. The van der Waals surface area contributed by atoms with Gasteiger partial charge in [0.05, 0.1) is 18.8 Å². The van der Waals surface area contributed by atoms with Crippen LogP contribution in [-0.4, -0.2) is 49.0 Å². The normalized spacial score (nSPS) is 24.3. The zero-order valence-electron chi connectivity index (χ0n) is 10.5. The molecule has 0 radical (unpaired) electrons. The van der Waals surface area contributed by atoms with Gasteiger partial charge in [-0.05, 0) is 6.92 Å². The van der Waals surface area contributed by atoms with E-state index in [0.717, 1.165) is 12.4 Å². The Morgan fingerprint density at radius 3 is 3.00 bits per heavy atom. The Morgan fingerprint density at radius 2 is 2.33 bits per heavy atom. The number of morpholine rings is 1. The molecular formula is C11H17ClN4O2. The minimum Gasteiger partial charge on any atom is -0.382 e. The van der Waals surface area contributed by atoms with Gasteiger partial charge in [0.2, 0.25) is 5.95 Å². The number of aromatic nitrogens is 2. The Kier molecular flexibility index (Phi) is 4.21. The van der Waals surface area contributed by atoms with Crippen molar-refractivity contribution in [3.8, 4) is 0 Å². The molecule has 0 amide bonds. The predicted octanol–water partition coefficient (Wildman–Crippen LogP) is 0.952. The fourth-order valence-electron chi connectivity index (χ4n) is 2.10. The van der Waals surface area contributed by atoms with Crippen LogP contribution in [0.5, 0.6) is 0 Å². The van der Waals surface area contributed by atoms with Crippen LogP contribution in [0.4, 0.5) is 11.8 Å². The average molecular weight is 273 g/mol. The summed E-state index contributed by atoms with van der Waals surface area (Å²) in [7, 11) is 1.66. The molecule has 100 valence electrons. The van der Waals surface area contributed by atoms with Crippen LogP contribution in [0.3, 0.4) is 0 Å². The van der Waals surface area contributed by atoms with Crippen LogP contribution in [0.25, 0.3) is 0 Å². The SMILES string of the molecule is COCC1CN(c2cc(Cl)nc(N)n2)CC(C)O1. The second-order valence-electron chi connectivity index (χ2n) is 4.34. The molecule has 1 aliphatic rings. The van der Waals surface area contributed by atoms with E-state index in [2.05, 4.69) is 14.9 Å². The van der Waals surface area contributed by atoms with Gasteiger partial charge in [-0.15, -0.1) is 0 Å². The third-order valence-corrected chi connectivity index (χ3v) is 2.90. The van der Waals surface area contributed by atoms with Crippen molar-refractivity contribution in [3.05, 3.63) is 11.2 Å². The van der Waals surface area contributed by atoms with Gasteiger partial charge in [0.1, 0.15) is 11.0 Å². The van der Waals surface area contributed by atoms with Crippen LogP contribution < -0.4 is 10.6 Å². The third kappa shape index (κ3) is 3.22. The Labute approximate surface area is 111 Å².